The first-order valence-electron chi connectivity index (χ1n) is 5.37. The molecule has 0 aliphatic carbocycles. The Labute approximate surface area is 108 Å². The number of benzene rings is 1. The van der Waals surface area contributed by atoms with E-state index in [1.165, 1.54) is 12.1 Å². The van der Waals surface area contributed by atoms with Crippen LogP contribution >= 0.6 is 15.9 Å². The molecule has 90 valence electrons. The lowest BCUT2D eigenvalue weighted by molar-refractivity contribution is 0.458. The Bertz CT molecular complexity index is 480. The first kappa shape index (κ1) is 12.3. The predicted molar refractivity (Wildman–Crippen MR) is 68.1 cm³/mol. The van der Waals surface area contributed by atoms with E-state index in [9.17, 15) is 4.39 Å². The molecule has 1 N–H and O–H groups in total. The second kappa shape index (κ2) is 5.47. The average Bonchev–Trinajstić information content (AvgIpc) is 2.73. The summed E-state index contributed by atoms with van der Waals surface area (Å²) < 4.78 is 19.0. The van der Waals surface area contributed by atoms with Gasteiger partial charge in [0, 0.05) is 6.04 Å². The number of furan rings is 1. The van der Waals surface area contributed by atoms with Crippen LogP contribution in [0.5, 0.6) is 0 Å². The van der Waals surface area contributed by atoms with Gasteiger partial charge in [-0.05, 0) is 46.6 Å². The molecule has 2 rings (SSSR count). The maximum atomic E-state index is 12.8. The van der Waals surface area contributed by atoms with Crippen LogP contribution in [-0.2, 0) is 6.54 Å². The minimum Gasteiger partial charge on any atom is -0.467 e. The Kier molecular flexibility index (Phi) is 3.97. The van der Waals surface area contributed by atoms with Crippen molar-refractivity contribution in [2.24, 2.45) is 0 Å². The van der Waals surface area contributed by atoms with Crippen LogP contribution in [0, 0.1) is 5.82 Å². The molecule has 1 heterocycles. The fourth-order valence-electron chi connectivity index (χ4n) is 1.57. The summed E-state index contributed by atoms with van der Waals surface area (Å²) >= 11 is 3.40. The molecular weight excluding hydrogens is 285 g/mol. The quantitative estimate of drug-likeness (QED) is 0.922. The minimum absolute atomic E-state index is 0.146. The van der Waals surface area contributed by atoms with Gasteiger partial charge in [-0.25, -0.2) is 4.39 Å². The Balaban J connectivity index is 1.95. The van der Waals surface area contributed by atoms with Crippen LogP contribution in [0.25, 0.3) is 0 Å². The van der Waals surface area contributed by atoms with E-state index in [0.717, 1.165) is 15.8 Å². The monoisotopic (exact) mass is 297 g/mol. The summed E-state index contributed by atoms with van der Waals surface area (Å²) in [5, 5.41) is 3.32. The molecule has 0 saturated heterocycles. The van der Waals surface area contributed by atoms with E-state index in [4.69, 9.17) is 4.42 Å². The standard InChI is InChI=1S/C13H13BrFNO/c1-9(10-2-4-11(15)5-3-10)16-8-13-12(14)6-7-17-13/h2-7,9,16H,8H2,1H3/t9-/m1/s1. The third-order valence-electron chi connectivity index (χ3n) is 2.63. The van der Waals surface area contributed by atoms with Crippen LogP contribution in [0.3, 0.4) is 0 Å². The molecular formula is C13H13BrFNO. The Morgan fingerprint density at radius 3 is 2.59 bits per heavy atom. The van der Waals surface area contributed by atoms with Gasteiger partial charge < -0.3 is 9.73 Å². The molecule has 17 heavy (non-hydrogen) atoms. The number of halogens is 2. The van der Waals surface area contributed by atoms with E-state index in [0.29, 0.717) is 6.54 Å². The van der Waals surface area contributed by atoms with Crippen molar-refractivity contribution in [2.45, 2.75) is 19.5 Å². The summed E-state index contributed by atoms with van der Waals surface area (Å²) in [5.74, 6) is 0.647. The third kappa shape index (κ3) is 3.17. The molecule has 1 atom stereocenters. The summed E-state index contributed by atoms with van der Waals surface area (Å²) in [5.41, 5.74) is 1.05. The van der Waals surface area contributed by atoms with E-state index in [1.807, 2.05) is 13.0 Å². The molecule has 0 amide bonds. The van der Waals surface area contributed by atoms with Crippen molar-refractivity contribution >= 4 is 15.9 Å². The Morgan fingerprint density at radius 1 is 1.29 bits per heavy atom. The van der Waals surface area contributed by atoms with Crippen molar-refractivity contribution in [1.82, 2.24) is 5.32 Å². The lowest BCUT2D eigenvalue weighted by Gasteiger charge is -2.13. The first-order valence-corrected chi connectivity index (χ1v) is 6.17. The van der Waals surface area contributed by atoms with E-state index in [2.05, 4.69) is 21.2 Å². The van der Waals surface area contributed by atoms with Crippen LogP contribution in [-0.4, -0.2) is 0 Å². The fourth-order valence-corrected chi connectivity index (χ4v) is 1.91. The zero-order chi connectivity index (χ0) is 12.3. The van der Waals surface area contributed by atoms with E-state index >= 15 is 0 Å². The van der Waals surface area contributed by atoms with E-state index < -0.39 is 0 Å². The van der Waals surface area contributed by atoms with E-state index in [1.54, 1.807) is 18.4 Å². The Hall–Kier alpha value is -1.13. The highest BCUT2D eigenvalue weighted by Crippen LogP contribution is 2.19. The highest BCUT2D eigenvalue weighted by Gasteiger charge is 2.08. The van der Waals surface area contributed by atoms with Gasteiger partial charge in [-0.15, -0.1) is 0 Å². The van der Waals surface area contributed by atoms with Crippen molar-refractivity contribution in [1.29, 1.82) is 0 Å². The van der Waals surface area contributed by atoms with Crippen LogP contribution < -0.4 is 5.32 Å². The number of hydrogen-bond donors (Lipinski definition) is 1. The molecule has 0 unspecified atom stereocenters. The van der Waals surface area contributed by atoms with Gasteiger partial charge in [-0.2, -0.15) is 0 Å². The minimum atomic E-state index is -0.213. The molecule has 0 spiro atoms. The second-order valence-electron chi connectivity index (χ2n) is 3.85. The molecule has 2 nitrogen and oxygen atoms in total. The van der Waals surface area contributed by atoms with Gasteiger partial charge in [0.1, 0.15) is 11.6 Å². The highest BCUT2D eigenvalue weighted by molar-refractivity contribution is 9.10. The van der Waals surface area contributed by atoms with Gasteiger partial charge in [-0.3, -0.25) is 0 Å². The largest absolute Gasteiger partial charge is 0.467 e. The summed E-state index contributed by atoms with van der Waals surface area (Å²) in [6, 6.07) is 8.51. The zero-order valence-corrected chi connectivity index (χ0v) is 11.0. The van der Waals surface area contributed by atoms with Crippen molar-refractivity contribution < 1.29 is 8.81 Å². The molecule has 0 radical (unpaired) electrons. The SMILES string of the molecule is C[C@@H](NCc1occc1Br)c1ccc(F)cc1. The first-order chi connectivity index (χ1) is 8.16. The summed E-state index contributed by atoms with van der Waals surface area (Å²) in [6.07, 6.45) is 1.64. The fraction of sp³-hybridized carbons (Fsp3) is 0.231. The molecule has 0 aliphatic heterocycles. The highest BCUT2D eigenvalue weighted by atomic mass is 79.9. The van der Waals surface area contributed by atoms with Gasteiger partial charge >= 0.3 is 0 Å². The smallest absolute Gasteiger partial charge is 0.131 e. The molecule has 0 bridgehead atoms. The molecule has 1 aromatic heterocycles. The van der Waals surface area contributed by atoms with Crippen LogP contribution in [0.2, 0.25) is 0 Å². The van der Waals surface area contributed by atoms with Gasteiger partial charge in [-0.1, -0.05) is 12.1 Å². The van der Waals surface area contributed by atoms with Gasteiger partial charge in [0.25, 0.3) is 0 Å². The molecule has 2 aromatic rings. The number of hydrogen-bond acceptors (Lipinski definition) is 2. The van der Waals surface area contributed by atoms with Crippen molar-refractivity contribution in [2.75, 3.05) is 0 Å². The Morgan fingerprint density at radius 2 is 2.00 bits per heavy atom. The summed E-state index contributed by atoms with van der Waals surface area (Å²) in [6.45, 7) is 2.66. The molecule has 0 fully saturated rings. The van der Waals surface area contributed by atoms with Crippen molar-refractivity contribution in [3.05, 3.63) is 58.2 Å². The lowest BCUT2D eigenvalue weighted by atomic mass is 10.1. The third-order valence-corrected chi connectivity index (χ3v) is 3.34. The summed E-state index contributed by atoms with van der Waals surface area (Å²) in [4.78, 5) is 0. The van der Waals surface area contributed by atoms with Gasteiger partial charge in [0.05, 0.1) is 17.3 Å². The predicted octanol–water partition coefficient (Wildman–Crippen LogP) is 4.03. The van der Waals surface area contributed by atoms with Gasteiger partial charge in [0.15, 0.2) is 0 Å². The summed E-state index contributed by atoms with van der Waals surface area (Å²) in [7, 11) is 0. The maximum Gasteiger partial charge on any atom is 0.131 e. The van der Waals surface area contributed by atoms with Crippen LogP contribution in [0.4, 0.5) is 4.39 Å². The number of nitrogens with one attached hydrogen (secondary N) is 1. The van der Waals surface area contributed by atoms with Crippen LogP contribution in [0.1, 0.15) is 24.3 Å². The molecule has 4 heteroatoms. The maximum absolute atomic E-state index is 12.8. The molecule has 0 saturated carbocycles. The van der Waals surface area contributed by atoms with Crippen molar-refractivity contribution in [3.8, 4) is 0 Å². The topological polar surface area (TPSA) is 25.2 Å². The lowest BCUT2D eigenvalue weighted by Crippen LogP contribution is -2.17. The molecule has 0 aliphatic rings. The van der Waals surface area contributed by atoms with Crippen LogP contribution in [0.15, 0.2) is 45.5 Å². The number of rotatable bonds is 4. The van der Waals surface area contributed by atoms with Crippen molar-refractivity contribution in [3.63, 3.8) is 0 Å². The zero-order valence-electron chi connectivity index (χ0n) is 9.41. The van der Waals surface area contributed by atoms with Gasteiger partial charge in [0.2, 0.25) is 0 Å². The second-order valence-corrected chi connectivity index (χ2v) is 4.70. The normalized spacial score (nSPS) is 12.6. The molecule has 1 aromatic carbocycles. The van der Waals surface area contributed by atoms with E-state index in [-0.39, 0.29) is 11.9 Å². The average molecular weight is 298 g/mol.